The van der Waals surface area contributed by atoms with Crippen LogP contribution in [0.4, 0.5) is 0 Å². The molecule has 0 fully saturated rings. The van der Waals surface area contributed by atoms with Crippen LogP contribution in [0.5, 0.6) is 5.75 Å². The second-order valence-electron chi connectivity index (χ2n) is 4.82. The van der Waals surface area contributed by atoms with Crippen molar-refractivity contribution in [3.63, 3.8) is 0 Å². The maximum Gasteiger partial charge on any atom is 0.240 e. The van der Waals surface area contributed by atoms with Crippen LogP contribution >= 0.6 is 0 Å². The molecule has 0 saturated heterocycles. The molecule has 21 heavy (non-hydrogen) atoms. The summed E-state index contributed by atoms with van der Waals surface area (Å²) in [7, 11) is -3.40. The van der Waals surface area contributed by atoms with Crippen molar-refractivity contribution in [3.05, 3.63) is 24.3 Å². The minimum absolute atomic E-state index is 0.273. The third-order valence-corrected chi connectivity index (χ3v) is 4.41. The molecule has 0 aliphatic carbocycles. The highest BCUT2D eigenvalue weighted by atomic mass is 32.2. The third kappa shape index (κ3) is 6.93. The average molecular weight is 314 g/mol. The molecule has 6 heteroatoms. The summed E-state index contributed by atoms with van der Waals surface area (Å²) in [5.41, 5.74) is 0. The number of ether oxygens (including phenoxy) is 1. The second kappa shape index (κ2) is 9.76. The summed E-state index contributed by atoms with van der Waals surface area (Å²) in [4.78, 5) is 0.273. The monoisotopic (exact) mass is 314 g/mol. The molecule has 0 bridgehead atoms. The van der Waals surface area contributed by atoms with Crippen molar-refractivity contribution in [1.29, 1.82) is 0 Å². The minimum Gasteiger partial charge on any atom is -0.492 e. The first-order valence-corrected chi connectivity index (χ1v) is 9.01. The van der Waals surface area contributed by atoms with Gasteiger partial charge in [0.15, 0.2) is 0 Å². The van der Waals surface area contributed by atoms with E-state index in [-0.39, 0.29) is 4.90 Å². The quantitative estimate of drug-likeness (QED) is 0.614. The summed E-state index contributed by atoms with van der Waals surface area (Å²) < 4.78 is 32.1. The Morgan fingerprint density at radius 2 is 1.71 bits per heavy atom. The summed E-state index contributed by atoms with van der Waals surface area (Å²) in [6, 6.07) is 6.52. The van der Waals surface area contributed by atoms with Gasteiger partial charge in [0.25, 0.3) is 0 Å². The zero-order chi connectivity index (χ0) is 15.6. The molecule has 0 aliphatic heterocycles. The summed E-state index contributed by atoms with van der Waals surface area (Å²) in [6.45, 7) is 6.94. The van der Waals surface area contributed by atoms with Gasteiger partial charge in [0.05, 0.1) is 4.90 Å². The Morgan fingerprint density at radius 1 is 1.00 bits per heavy atom. The third-order valence-electron chi connectivity index (χ3n) is 2.93. The first-order valence-electron chi connectivity index (χ1n) is 7.53. The number of hydrogen-bond acceptors (Lipinski definition) is 4. The molecule has 1 aromatic rings. The van der Waals surface area contributed by atoms with Gasteiger partial charge in [-0.15, -0.1) is 0 Å². The van der Waals surface area contributed by atoms with Gasteiger partial charge in [0.2, 0.25) is 10.0 Å². The van der Waals surface area contributed by atoms with Crippen molar-refractivity contribution < 1.29 is 13.2 Å². The second-order valence-corrected chi connectivity index (χ2v) is 6.59. The van der Waals surface area contributed by atoms with Crippen LogP contribution in [0.3, 0.4) is 0 Å². The van der Waals surface area contributed by atoms with E-state index in [1.807, 2.05) is 6.92 Å². The largest absolute Gasteiger partial charge is 0.492 e. The van der Waals surface area contributed by atoms with Crippen molar-refractivity contribution in [2.45, 2.75) is 38.0 Å². The van der Waals surface area contributed by atoms with Gasteiger partial charge in [0.1, 0.15) is 12.4 Å². The van der Waals surface area contributed by atoms with Gasteiger partial charge >= 0.3 is 0 Å². The fraction of sp³-hybridized carbons (Fsp3) is 0.600. The molecular weight excluding hydrogens is 288 g/mol. The molecule has 0 spiro atoms. The maximum atomic E-state index is 12.0. The Kier molecular flexibility index (Phi) is 8.34. The van der Waals surface area contributed by atoms with Gasteiger partial charge in [-0.05, 0) is 43.7 Å². The van der Waals surface area contributed by atoms with Crippen molar-refractivity contribution in [2.24, 2.45) is 0 Å². The average Bonchev–Trinajstić information content (AvgIpc) is 2.48. The van der Waals surface area contributed by atoms with Gasteiger partial charge < -0.3 is 10.1 Å². The standard InChI is InChI=1S/C15H26N2O3S/c1-3-5-11-17-21(18,19)15-8-6-14(7-9-15)20-13-12-16-10-4-2/h6-9,16-17H,3-5,10-13H2,1-2H3. The summed E-state index contributed by atoms with van der Waals surface area (Å²) in [5.74, 6) is 0.681. The molecule has 5 nitrogen and oxygen atoms in total. The zero-order valence-corrected chi connectivity index (χ0v) is 13.7. The molecule has 120 valence electrons. The number of sulfonamides is 1. The number of unbranched alkanes of at least 4 members (excludes halogenated alkanes) is 1. The molecule has 0 aromatic heterocycles. The van der Waals surface area contributed by atoms with Gasteiger partial charge in [-0.1, -0.05) is 20.3 Å². The van der Waals surface area contributed by atoms with Gasteiger partial charge in [0, 0.05) is 13.1 Å². The van der Waals surface area contributed by atoms with Crippen molar-refractivity contribution in [1.82, 2.24) is 10.0 Å². The summed E-state index contributed by atoms with van der Waals surface area (Å²) in [6.07, 6.45) is 2.89. The Balaban J connectivity index is 2.45. The van der Waals surface area contributed by atoms with E-state index >= 15 is 0 Å². The van der Waals surface area contributed by atoms with Crippen LogP contribution in [0, 0.1) is 0 Å². The Bertz CT molecular complexity index is 486. The molecule has 1 rings (SSSR count). The van der Waals surface area contributed by atoms with E-state index in [9.17, 15) is 8.42 Å². The van der Waals surface area contributed by atoms with Crippen LogP contribution in [0.2, 0.25) is 0 Å². The van der Waals surface area contributed by atoms with Crippen molar-refractivity contribution >= 4 is 10.0 Å². The van der Waals surface area contributed by atoms with Crippen molar-refractivity contribution in [2.75, 3.05) is 26.2 Å². The molecule has 0 saturated carbocycles. The van der Waals surface area contributed by atoms with Crippen molar-refractivity contribution in [3.8, 4) is 5.75 Å². The number of rotatable bonds is 11. The highest BCUT2D eigenvalue weighted by Crippen LogP contribution is 2.15. The fourth-order valence-electron chi connectivity index (χ4n) is 1.72. The van der Waals surface area contributed by atoms with Gasteiger partial charge in [-0.2, -0.15) is 0 Å². The normalized spacial score (nSPS) is 11.5. The minimum atomic E-state index is -3.40. The van der Waals surface area contributed by atoms with E-state index in [2.05, 4.69) is 17.0 Å². The molecule has 0 radical (unpaired) electrons. The van der Waals surface area contributed by atoms with E-state index in [0.29, 0.717) is 18.9 Å². The Morgan fingerprint density at radius 3 is 2.33 bits per heavy atom. The lowest BCUT2D eigenvalue weighted by Crippen LogP contribution is -2.24. The van der Waals surface area contributed by atoms with Crippen LogP contribution in [-0.4, -0.2) is 34.7 Å². The van der Waals surface area contributed by atoms with Crippen LogP contribution in [-0.2, 0) is 10.0 Å². The molecule has 0 unspecified atom stereocenters. The Hall–Kier alpha value is -1.11. The smallest absolute Gasteiger partial charge is 0.240 e. The molecule has 0 heterocycles. The van der Waals surface area contributed by atoms with E-state index in [1.165, 1.54) is 0 Å². The molecule has 0 amide bonds. The lowest BCUT2D eigenvalue weighted by Gasteiger charge is -2.09. The first kappa shape index (κ1) is 17.9. The number of hydrogen-bond donors (Lipinski definition) is 2. The van der Waals surface area contributed by atoms with Crippen LogP contribution in [0.25, 0.3) is 0 Å². The maximum absolute atomic E-state index is 12.0. The van der Waals surface area contributed by atoms with E-state index in [0.717, 1.165) is 32.4 Å². The Labute approximate surface area is 128 Å². The first-order chi connectivity index (χ1) is 10.1. The molecule has 2 N–H and O–H groups in total. The molecular formula is C15H26N2O3S. The van der Waals surface area contributed by atoms with Crippen LogP contribution in [0.15, 0.2) is 29.2 Å². The van der Waals surface area contributed by atoms with Gasteiger partial charge in [-0.25, -0.2) is 13.1 Å². The lowest BCUT2D eigenvalue weighted by molar-refractivity contribution is 0.314. The summed E-state index contributed by atoms with van der Waals surface area (Å²) >= 11 is 0. The van der Waals surface area contributed by atoms with Gasteiger partial charge in [-0.3, -0.25) is 0 Å². The fourth-order valence-corrected chi connectivity index (χ4v) is 2.80. The molecule has 0 aliphatic rings. The SMILES string of the molecule is CCCCNS(=O)(=O)c1ccc(OCCNCCC)cc1. The predicted octanol–water partition coefficient (Wildman–Crippen LogP) is 2.14. The van der Waals surface area contributed by atoms with Crippen LogP contribution < -0.4 is 14.8 Å². The summed E-state index contributed by atoms with van der Waals surface area (Å²) in [5, 5.41) is 3.24. The predicted molar refractivity (Wildman–Crippen MR) is 85.2 cm³/mol. The topological polar surface area (TPSA) is 67.4 Å². The van der Waals surface area contributed by atoms with E-state index < -0.39 is 10.0 Å². The van der Waals surface area contributed by atoms with Crippen LogP contribution in [0.1, 0.15) is 33.1 Å². The van der Waals surface area contributed by atoms with E-state index in [4.69, 9.17) is 4.74 Å². The lowest BCUT2D eigenvalue weighted by atomic mass is 10.3. The zero-order valence-electron chi connectivity index (χ0n) is 12.9. The molecule has 0 atom stereocenters. The van der Waals surface area contributed by atoms with E-state index in [1.54, 1.807) is 24.3 Å². The highest BCUT2D eigenvalue weighted by Gasteiger charge is 2.12. The molecule has 1 aromatic carbocycles. The highest BCUT2D eigenvalue weighted by molar-refractivity contribution is 7.89. The number of benzene rings is 1. The number of nitrogens with one attached hydrogen (secondary N) is 2.